The summed E-state index contributed by atoms with van der Waals surface area (Å²) in [7, 11) is 0. The highest BCUT2D eigenvalue weighted by Crippen LogP contribution is 2.42. The number of nitrogens with two attached hydrogens (primary N) is 1. The van der Waals surface area contributed by atoms with Crippen molar-refractivity contribution in [3.63, 3.8) is 0 Å². The molecule has 1 aromatic rings. The normalized spacial score (nSPS) is 23.5. The third-order valence-electron chi connectivity index (χ3n) is 4.26. The number of benzene rings is 1. The number of hydrogen-bond donors (Lipinski definition) is 1. The maximum Gasteiger partial charge on any atom is 0.216 e. The van der Waals surface area contributed by atoms with Crippen LogP contribution in [0.4, 0.5) is 0 Å². The number of carbonyl (C=O) groups is 1. The molecule has 1 aliphatic carbocycles. The van der Waals surface area contributed by atoms with Crippen molar-refractivity contribution in [3.05, 3.63) is 45.4 Å². The smallest absolute Gasteiger partial charge is 0.216 e. The first-order valence-electron chi connectivity index (χ1n) is 7.29. The molecule has 1 heterocycles. The average molecular weight is 360 g/mol. The van der Waals surface area contributed by atoms with Gasteiger partial charge in [0.15, 0.2) is 0 Å². The molecule has 0 fully saturated rings. The highest BCUT2D eigenvalue weighted by atomic mass is 79.9. The summed E-state index contributed by atoms with van der Waals surface area (Å²) < 4.78 is 1.06. The van der Waals surface area contributed by atoms with E-state index in [-0.39, 0.29) is 5.92 Å². The summed E-state index contributed by atoms with van der Waals surface area (Å²) in [6.45, 7) is 3.96. The van der Waals surface area contributed by atoms with E-state index in [9.17, 15) is 4.79 Å². The van der Waals surface area contributed by atoms with Crippen LogP contribution in [0, 0.1) is 0 Å². The highest BCUT2D eigenvalue weighted by molar-refractivity contribution is 9.10. The second-order valence-electron chi connectivity index (χ2n) is 6.23. The summed E-state index contributed by atoms with van der Waals surface area (Å²) in [4.78, 5) is 20.5. The number of allylic oxidation sites excluding steroid dienone is 1. The molecule has 0 saturated carbocycles. The lowest BCUT2D eigenvalue weighted by Gasteiger charge is -2.36. The zero-order valence-corrected chi connectivity index (χ0v) is 14.2. The van der Waals surface area contributed by atoms with E-state index >= 15 is 0 Å². The summed E-state index contributed by atoms with van der Waals surface area (Å²) in [5.74, 6) is 0.516. The summed E-state index contributed by atoms with van der Waals surface area (Å²) in [6, 6.07) is 8.12. The first-order valence-corrected chi connectivity index (χ1v) is 8.08. The fourth-order valence-electron chi connectivity index (χ4n) is 3.45. The van der Waals surface area contributed by atoms with Crippen LogP contribution in [0.15, 0.2) is 49.9 Å². The Kier molecular flexibility index (Phi) is 3.77. The lowest BCUT2D eigenvalue weighted by molar-refractivity contribution is -0.105. The number of aldehydes is 1. The molecule has 1 unspecified atom stereocenters. The largest absolute Gasteiger partial charge is 0.368 e. The van der Waals surface area contributed by atoms with Gasteiger partial charge in [-0.15, -0.1) is 0 Å². The van der Waals surface area contributed by atoms with Crippen molar-refractivity contribution < 1.29 is 4.79 Å². The molecule has 3 rings (SSSR count). The van der Waals surface area contributed by atoms with Gasteiger partial charge in [0, 0.05) is 10.0 Å². The molecule has 22 heavy (non-hydrogen) atoms. The van der Waals surface area contributed by atoms with Gasteiger partial charge in [-0.25, -0.2) is 9.98 Å². The molecule has 1 atom stereocenters. The Hall–Kier alpha value is -1.75. The Bertz CT molecular complexity index is 731. The number of carbonyl (C=O) groups excluding carboxylic acids is 1. The number of guanidine groups is 1. The molecular weight excluding hydrogens is 342 g/mol. The fourth-order valence-corrected chi connectivity index (χ4v) is 4.06. The van der Waals surface area contributed by atoms with Gasteiger partial charge in [-0.05, 0) is 49.8 Å². The van der Waals surface area contributed by atoms with Crippen LogP contribution in [0.25, 0.3) is 0 Å². The van der Waals surface area contributed by atoms with Crippen LogP contribution in [0.2, 0.25) is 0 Å². The Morgan fingerprint density at radius 1 is 1.32 bits per heavy atom. The Morgan fingerprint density at radius 3 is 2.73 bits per heavy atom. The molecule has 2 N–H and O–H groups in total. The van der Waals surface area contributed by atoms with Crippen LogP contribution in [-0.2, 0) is 4.79 Å². The van der Waals surface area contributed by atoms with Crippen molar-refractivity contribution >= 4 is 33.9 Å². The number of hydrogen-bond acceptors (Lipinski definition) is 4. The van der Waals surface area contributed by atoms with Gasteiger partial charge < -0.3 is 5.73 Å². The van der Waals surface area contributed by atoms with Gasteiger partial charge in [0.05, 0.1) is 11.3 Å². The van der Waals surface area contributed by atoms with Gasteiger partial charge in [0.2, 0.25) is 5.96 Å². The number of nitrogens with zero attached hydrogens (tertiary/aromatic N) is 2. The predicted molar refractivity (Wildman–Crippen MR) is 92.3 cm³/mol. The summed E-state index contributed by atoms with van der Waals surface area (Å²) >= 11 is 3.60. The number of rotatable bonds is 2. The summed E-state index contributed by atoms with van der Waals surface area (Å²) in [6.07, 6.45) is 2.43. The minimum atomic E-state index is -0.490. The molecule has 0 amide bonds. The number of halogens is 1. The zero-order chi connectivity index (χ0) is 15.9. The highest BCUT2D eigenvalue weighted by Gasteiger charge is 2.38. The van der Waals surface area contributed by atoms with Gasteiger partial charge in [-0.1, -0.05) is 34.1 Å². The van der Waals surface area contributed by atoms with Crippen LogP contribution in [0.5, 0.6) is 0 Å². The lowest BCUT2D eigenvalue weighted by Crippen LogP contribution is -2.38. The minimum absolute atomic E-state index is 0.222. The van der Waals surface area contributed by atoms with Crippen LogP contribution in [0.3, 0.4) is 0 Å². The van der Waals surface area contributed by atoms with E-state index in [2.05, 4.69) is 32.0 Å². The SMILES string of the molecule is CC1(C)N=C(N)N=C2CC(c3ccccc3Br)CC(C=O)=C21. The quantitative estimate of drug-likeness (QED) is 0.822. The second-order valence-corrected chi connectivity index (χ2v) is 7.09. The van der Waals surface area contributed by atoms with Crippen molar-refractivity contribution in [2.45, 2.75) is 38.1 Å². The van der Waals surface area contributed by atoms with E-state index in [0.29, 0.717) is 12.4 Å². The second kappa shape index (κ2) is 5.47. The third-order valence-corrected chi connectivity index (χ3v) is 4.98. The van der Waals surface area contributed by atoms with E-state index in [4.69, 9.17) is 5.73 Å². The van der Waals surface area contributed by atoms with E-state index in [0.717, 1.165) is 34.0 Å². The molecule has 1 aromatic carbocycles. The molecule has 4 nitrogen and oxygen atoms in total. The maximum absolute atomic E-state index is 11.6. The van der Waals surface area contributed by atoms with Gasteiger partial charge in [0.1, 0.15) is 6.29 Å². The Labute approximate surface area is 138 Å². The molecular formula is C17H18BrN3O. The number of aliphatic imine (C=N–C) groups is 2. The van der Waals surface area contributed by atoms with Gasteiger partial charge in [-0.3, -0.25) is 4.79 Å². The van der Waals surface area contributed by atoms with Gasteiger partial charge in [-0.2, -0.15) is 0 Å². The van der Waals surface area contributed by atoms with Crippen LogP contribution < -0.4 is 5.73 Å². The average Bonchev–Trinajstić information content (AvgIpc) is 2.45. The van der Waals surface area contributed by atoms with Crippen molar-refractivity contribution in [1.82, 2.24) is 0 Å². The molecule has 0 spiro atoms. The maximum atomic E-state index is 11.6. The molecule has 0 bridgehead atoms. The number of fused-ring (bicyclic) bond motifs is 1. The van der Waals surface area contributed by atoms with Gasteiger partial charge >= 0.3 is 0 Å². The molecule has 5 heteroatoms. The Morgan fingerprint density at radius 2 is 2.05 bits per heavy atom. The molecule has 0 aromatic heterocycles. The molecule has 0 radical (unpaired) electrons. The lowest BCUT2D eigenvalue weighted by atomic mass is 9.73. The first-order chi connectivity index (χ1) is 10.4. The zero-order valence-electron chi connectivity index (χ0n) is 12.6. The molecule has 0 saturated heterocycles. The van der Waals surface area contributed by atoms with E-state index in [1.807, 2.05) is 32.0 Å². The molecule has 2 aliphatic rings. The topological polar surface area (TPSA) is 67.8 Å². The van der Waals surface area contributed by atoms with E-state index in [1.165, 1.54) is 5.56 Å². The predicted octanol–water partition coefficient (Wildman–Crippen LogP) is 3.37. The fraction of sp³-hybridized carbons (Fsp3) is 0.353. The van der Waals surface area contributed by atoms with E-state index in [1.54, 1.807) is 0 Å². The van der Waals surface area contributed by atoms with Crippen LogP contribution >= 0.6 is 15.9 Å². The van der Waals surface area contributed by atoms with Crippen molar-refractivity contribution in [2.75, 3.05) is 0 Å². The van der Waals surface area contributed by atoms with Crippen molar-refractivity contribution in [2.24, 2.45) is 15.7 Å². The monoisotopic (exact) mass is 359 g/mol. The van der Waals surface area contributed by atoms with Crippen molar-refractivity contribution in [3.8, 4) is 0 Å². The summed E-state index contributed by atoms with van der Waals surface area (Å²) in [5.41, 5.74) is 9.19. The molecule has 1 aliphatic heterocycles. The van der Waals surface area contributed by atoms with Crippen LogP contribution in [0.1, 0.15) is 38.2 Å². The minimum Gasteiger partial charge on any atom is -0.368 e. The van der Waals surface area contributed by atoms with Crippen LogP contribution in [-0.4, -0.2) is 23.5 Å². The molecule has 114 valence electrons. The third kappa shape index (κ3) is 2.54. The van der Waals surface area contributed by atoms with Gasteiger partial charge in [0.25, 0.3) is 0 Å². The summed E-state index contributed by atoms with van der Waals surface area (Å²) in [5, 5.41) is 0. The van der Waals surface area contributed by atoms with Crippen molar-refractivity contribution in [1.29, 1.82) is 0 Å². The standard InChI is InChI=1S/C17H18BrN3O/c1-17(2)15-11(9-22)7-10(8-14(15)20-16(19)21-17)12-5-3-4-6-13(12)18/h3-6,9-10H,7-8H2,1-2H3,(H2,19,21). The first kappa shape index (κ1) is 15.2. The van der Waals surface area contributed by atoms with E-state index < -0.39 is 5.54 Å². The Balaban J connectivity index is 2.10.